The number of benzene rings is 2. The van der Waals surface area contributed by atoms with E-state index in [1.165, 1.54) is 17.8 Å². The zero-order valence-electron chi connectivity index (χ0n) is 13.9. The van der Waals surface area contributed by atoms with Crippen LogP contribution in [-0.2, 0) is 5.75 Å². The van der Waals surface area contributed by atoms with Gasteiger partial charge in [0.05, 0.1) is 19.9 Å². The molecule has 0 N–H and O–H groups in total. The monoisotopic (exact) mass is 356 g/mol. The summed E-state index contributed by atoms with van der Waals surface area (Å²) in [5.74, 6) is 1.68. The van der Waals surface area contributed by atoms with Gasteiger partial charge in [-0.1, -0.05) is 30.0 Å². The average molecular weight is 356 g/mol. The largest absolute Gasteiger partial charge is 0.497 e. The first-order valence-corrected chi connectivity index (χ1v) is 8.62. The maximum atomic E-state index is 13.6. The minimum Gasteiger partial charge on any atom is -0.497 e. The minimum atomic E-state index is -0.206. The molecule has 1 heterocycles. The second-order valence-corrected chi connectivity index (χ2v) is 6.20. The van der Waals surface area contributed by atoms with Gasteiger partial charge in [0.1, 0.15) is 22.3 Å². The van der Waals surface area contributed by atoms with Crippen LogP contribution in [0.15, 0.2) is 59.6 Å². The van der Waals surface area contributed by atoms with E-state index in [0.717, 1.165) is 10.6 Å². The third-order valence-electron chi connectivity index (χ3n) is 3.66. The Kier molecular flexibility index (Phi) is 5.50. The second kappa shape index (κ2) is 7.98. The van der Waals surface area contributed by atoms with Crippen LogP contribution in [0, 0.1) is 5.82 Å². The van der Waals surface area contributed by atoms with E-state index < -0.39 is 0 Å². The van der Waals surface area contributed by atoms with E-state index in [2.05, 4.69) is 10.2 Å². The zero-order chi connectivity index (χ0) is 17.6. The molecule has 2 aromatic carbocycles. The SMILES string of the molecule is COc1ccc(-c2ccc(SCc3ccccc3F)nn2)c(OC)c1. The quantitative estimate of drug-likeness (QED) is 0.604. The number of methoxy groups -OCH3 is 2. The lowest BCUT2D eigenvalue weighted by Crippen LogP contribution is -1.94. The second-order valence-electron chi connectivity index (χ2n) is 5.20. The summed E-state index contributed by atoms with van der Waals surface area (Å²) in [6.07, 6.45) is 0. The van der Waals surface area contributed by atoms with Gasteiger partial charge in [0.15, 0.2) is 0 Å². The molecule has 4 nitrogen and oxygen atoms in total. The molecule has 0 aliphatic carbocycles. The molecule has 0 aliphatic rings. The van der Waals surface area contributed by atoms with Crippen LogP contribution < -0.4 is 9.47 Å². The maximum Gasteiger partial charge on any atom is 0.132 e. The van der Waals surface area contributed by atoms with Crippen molar-refractivity contribution in [3.8, 4) is 22.8 Å². The van der Waals surface area contributed by atoms with Gasteiger partial charge in [0, 0.05) is 17.4 Å². The average Bonchev–Trinajstić information content (AvgIpc) is 2.67. The van der Waals surface area contributed by atoms with Crippen molar-refractivity contribution in [1.82, 2.24) is 10.2 Å². The maximum absolute atomic E-state index is 13.6. The van der Waals surface area contributed by atoms with Crippen LogP contribution in [0.25, 0.3) is 11.3 Å². The van der Waals surface area contributed by atoms with Crippen molar-refractivity contribution in [2.75, 3.05) is 14.2 Å². The van der Waals surface area contributed by atoms with Crippen molar-refractivity contribution in [2.45, 2.75) is 10.8 Å². The first kappa shape index (κ1) is 17.2. The smallest absolute Gasteiger partial charge is 0.132 e. The normalized spacial score (nSPS) is 10.5. The molecule has 0 unspecified atom stereocenters. The molecule has 0 spiro atoms. The number of nitrogens with zero attached hydrogens (tertiary/aromatic N) is 2. The molecule has 0 aliphatic heterocycles. The molecule has 1 aromatic heterocycles. The van der Waals surface area contributed by atoms with Crippen LogP contribution in [0.5, 0.6) is 11.5 Å². The Labute approximate surface area is 150 Å². The molecule has 0 fully saturated rings. The summed E-state index contributed by atoms with van der Waals surface area (Å²) in [6, 6.07) is 16.0. The summed E-state index contributed by atoms with van der Waals surface area (Å²) >= 11 is 1.44. The van der Waals surface area contributed by atoms with Crippen molar-refractivity contribution in [1.29, 1.82) is 0 Å². The topological polar surface area (TPSA) is 44.2 Å². The van der Waals surface area contributed by atoms with Crippen LogP contribution in [0.3, 0.4) is 0 Å². The Morgan fingerprint density at radius 3 is 2.48 bits per heavy atom. The van der Waals surface area contributed by atoms with E-state index in [1.807, 2.05) is 30.3 Å². The highest BCUT2D eigenvalue weighted by atomic mass is 32.2. The number of halogens is 1. The van der Waals surface area contributed by atoms with Crippen molar-refractivity contribution in [3.05, 3.63) is 66.0 Å². The Bertz CT molecular complexity index is 856. The molecule has 0 amide bonds. The summed E-state index contributed by atoms with van der Waals surface area (Å²) < 4.78 is 24.2. The lowest BCUT2D eigenvalue weighted by Gasteiger charge is -2.10. The van der Waals surface area contributed by atoms with E-state index in [-0.39, 0.29) is 5.82 Å². The third kappa shape index (κ3) is 4.09. The fourth-order valence-electron chi connectivity index (χ4n) is 2.32. The van der Waals surface area contributed by atoms with Crippen molar-refractivity contribution in [3.63, 3.8) is 0 Å². The Balaban J connectivity index is 1.75. The number of ether oxygens (including phenoxy) is 2. The van der Waals surface area contributed by atoms with Crippen molar-refractivity contribution in [2.24, 2.45) is 0 Å². The molecule has 0 saturated carbocycles. The van der Waals surface area contributed by atoms with E-state index >= 15 is 0 Å². The number of hydrogen-bond acceptors (Lipinski definition) is 5. The number of rotatable bonds is 6. The molecular formula is C19H17FN2O2S. The van der Waals surface area contributed by atoms with Crippen LogP contribution in [0.2, 0.25) is 0 Å². The highest BCUT2D eigenvalue weighted by Crippen LogP contribution is 2.32. The summed E-state index contributed by atoms with van der Waals surface area (Å²) in [5, 5.41) is 9.22. The lowest BCUT2D eigenvalue weighted by atomic mass is 10.1. The zero-order valence-corrected chi connectivity index (χ0v) is 14.7. The van der Waals surface area contributed by atoms with Crippen LogP contribution in [0.4, 0.5) is 4.39 Å². The van der Waals surface area contributed by atoms with Gasteiger partial charge in [0.2, 0.25) is 0 Å². The van der Waals surface area contributed by atoms with E-state index in [1.54, 1.807) is 32.4 Å². The molecule has 0 saturated heterocycles. The molecule has 0 atom stereocenters. The first-order chi connectivity index (χ1) is 12.2. The van der Waals surface area contributed by atoms with E-state index in [4.69, 9.17) is 9.47 Å². The molecule has 3 aromatic rings. The molecule has 0 radical (unpaired) electrons. The van der Waals surface area contributed by atoms with Crippen molar-refractivity contribution >= 4 is 11.8 Å². The predicted molar refractivity (Wildman–Crippen MR) is 96.5 cm³/mol. The summed E-state index contributed by atoms with van der Waals surface area (Å²) in [7, 11) is 3.21. The van der Waals surface area contributed by atoms with Crippen LogP contribution in [-0.4, -0.2) is 24.4 Å². The van der Waals surface area contributed by atoms with Crippen LogP contribution >= 0.6 is 11.8 Å². The number of hydrogen-bond donors (Lipinski definition) is 0. The summed E-state index contributed by atoms with van der Waals surface area (Å²) in [6.45, 7) is 0. The fourth-order valence-corrected chi connectivity index (χ4v) is 3.12. The fraction of sp³-hybridized carbons (Fsp3) is 0.158. The van der Waals surface area contributed by atoms with Gasteiger partial charge in [-0.3, -0.25) is 0 Å². The Morgan fingerprint density at radius 1 is 0.960 bits per heavy atom. The van der Waals surface area contributed by atoms with Gasteiger partial charge in [-0.2, -0.15) is 0 Å². The molecular weight excluding hydrogens is 339 g/mol. The Morgan fingerprint density at radius 2 is 1.80 bits per heavy atom. The molecule has 0 bridgehead atoms. The van der Waals surface area contributed by atoms with Gasteiger partial charge < -0.3 is 9.47 Å². The van der Waals surface area contributed by atoms with Gasteiger partial charge in [-0.15, -0.1) is 10.2 Å². The highest BCUT2D eigenvalue weighted by Gasteiger charge is 2.10. The molecule has 25 heavy (non-hydrogen) atoms. The third-order valence-corrected chi connectivity index (χ3v) is 4.63. The van der Waals surface area contributed by atoms with Crippen molar-refractivity contribution < 1.29 is 13.9 Å². The first-order valence-electron chi connectivity index (χ1n) is 7.63. The van der Waals surface area contributed by atoms with Gasteiger partial charge >= 0.3 is 0 Å². The van der Waals surface area contributed by atoms with E-state index in [9.17, 15) is 4.39 Å². The molecule has 128 valence electrons. The summed E-state index contributed by atoms with van der Waals surface area (Å²) in [4.78, 5) is 0. The number of thioether (sulfide) groups is 1. The molecule has 6 heteroatoms. The summed E-state index contributed by atoms with van der Waals surface area (Å²) in [5.41, 5.74) is 2.19. The van der Waals surface area contributed by atoms with Gasteiger partial charge in [-0.05, 0) is 35.9 Å². The molecule has 3 rings (SSSR count). The van der Waals surface area contributed by atoms with Gasteiger partial charge in [-0.25, -0.2) is 4.39 Å². The highest BCUT2D eigenvalue weighted by molar-refractivity contribution is 7.98. The van der Waals surface area contributed by atoms with Gasteiger partial charge in [0.25, 0.3) is 0 Å². The lowest BCUT2D eigenvalue weighted by molar-refractivity contribution is 0.395. The van der Waals surface area contributed by atoms with E-state index in [0.29, 0.717) is 28.5 Å². The Hall–Kier alpha value is -2.60. The minimum absolute atomic E-state index is 0.206. The van der Waals surface area contributed by atoms with Crippen LogP contribution in [0.1, 0.15) is 5.56 Å². The standard InChI is InChI=1S/C19H17FN2O2S/c1-23-14-7-8-15(18(11-14)24-2)17-9-10-19(22-21-17)25-12-13-5-3-4-6-16(13)20/h3-11H,12H2,1-2H3. The number of aromatic nitrogens is 2. The predicted octanol–water partition coefficient (Wildman–Crippen LogP) is 4.59.